The van der Waals surface area contributed by atoms with Crippen molar-refractivity contribution in [2.45, 2.75) is 19.3 Å². The second-order valence-electron chi connectivity index (χ2n) is 6.33. The van der Waals surface area contributed by atoms with Crippen molar-refractivity contribution in [3.63, 3.8) is 0 Å². The fourth-order valence-electron chi connectivity index (χ4n) is 3.18. The predicted octanol–water partition coefficient (Wildman–Crippen LogP) is 4.15. The number of carbonyl (C=O) groups is 1. The zero-order valence-corrected chi connectivity index (χ0v) is 14.9. The van der Waals surface area contributed by atoms with Gasteiger partial charge >= 0.3 is 0 Å². The monoisotopic (exact) mass is 360 g/mol. The predicted molar refractivity (Wildman–Crippen MR) is 99.6 cm³/mol. The van der Waals surface area contributed by atoms with Crippen molar-refractivity contribution in [2.24, 2.45) is 0 Å². The van der Waals surface area contributed by atoms with Gasteiger partial charge < -0.3 is 9.80 Å². The molecular weight excluding hydrogens is 339 g/mol. The van der Waals surface area contributed by atoms with Gasteiger partial charge in [0.2, 0.25) is 5.91 Å². The van der Waals surface area contributed by atoms with E-state index in [9.17, 15) is 9.18 Å². The van der Waals surface area contributed by atoms with Crippen LogP contribution in [0.25, 0.3) is 0 Å². The Morgan fingerprint density at radius 1 is 1.04 bits per heavy atom. The number of amides is 1. The SMILES string of the molecule is O=C(CCc1cccc(Cl)c1)N1CCCN(c2ccc(F)cc2)CC1. The van der Waals surface area contributed by atoms with E-state index in [1.807, 2.05) is 29.2 Å². The zero-order chi connectivity index (χ0) is 17.6. The summed E-state index contributed by atoms with van der Waals surface area (Å²) in [5, 5.41) is 0.703. The number of hydrogen-bond donors (Lipinski definition) is 0. The first-order valence-electron chi connectivity index (χ1n) is 8.64. The molecule has 2 aromatic carbocycles. The average molecular weight is 361 g/mol. The molecule has 1 fully saturated rings. The topological polar surface area (TPSA) is 23.6 Å². The molecule has 0 spiro atoms. The van der Waals surface area contributed by atoms with Crippen LogP contribution in [0.4, 0.5) is 10.1 Å². The molecule has 5 heteroatoms. The summed E-state index contributed by atoms with van der Waals surface area (Å²) >= 11 is 5.99. The standard InChI is InChI=1S/C20H22ClFN2O/c21-17-4-1-3-16(15-17)5-10-20(25)24-12-2-11-23(13-14-24)19-8-6-18(22)7-9-19/h1,3-4,6-9,15H,2,5,10-14H2. The molecule has 1 saturated heterocycles. The fraction of sp³-hybridized carbons (Fsp3) is 0.350. The first-order chi connectivity index (χ1) is 12.1. The molecule has 0 aromatic heterocycles. The van der Waals surface area contributed by atoms with Gasteiger partial charge in [0.05, 0.1) is 0 Å². The number of benzene rings is 2. The normalized spacial score (nSPS) is 15.1. The van der Waals surface area contributed by atoms with E-state index in [1.54, 1.807) is 12.1 Å². The van der Waals surface area contributed by atoms with E-state index in [0.717, 1.165) is 37.3 Å². The number of hydrogen-bond acceptors (Lipinski definition) is 2. The van der Waals surface area contributed by atoms with Crippen LogP contribution < -0.4 is 4.90 Å². The quantitative estimate of drug-likeness (QED) is 0.817. The molecule has 0 bridgehead atoms. The molecule has 3 rings (SSSR count). The summed E-state index contributed by atoms with van der Waals surface area (Å²) in [7, 11) is 0. The Labute approximate surface area is 153 Å². The van der Waals surface area contributed by atoms with E-state index >= 15 is 0 Å². The van der Waals surface area contributed by atoms with E-state index in [0.29, 0.717) is 24.4 Å². The van der Waals surface area contributed by atoms with Gasteiger partial charge in [-0.1, -0.05) is 23.7 Å². The van der Waals surface area contributed by atoms with Gasteiger partial charge in [0, 0.05) is 43.3 Å². The average Bonchev–Trinajstić information content (AvgIpc) is 2.87. The third-order valence-electron chi connectivity index (χ3n) is 4.56. The molecule has 25 heavy (non-hydrogen) atoms. The molecule has 1 heterocycles. The van der Waals surface area contributed by atoms with Crippen LogP contribution in [0, 0.1) is 5.82 Å². The van der Waals surface area contributed by atoms with E-state index in [4.69, 9.17) is 11.6 Å². The van der Waals surface area contributed by atoms with E-state index < -0.39 is 0 Å². The molecule has 0 atom stereocenters. The van der Waals surface area contributed by atoms with E-state index in [-0.39, 0.29) is 11.7 Å². The second-order valence-corrected chi connectivity index (χ2v) is 6.76. The van der Waals surface area contributed by atoms with Gasteiger partial charge in [0.1, 0.15) is 5.82 Å². The van der Waals surface area contributed by atoms with Crippen LogP contribution in [0.2, 0.25) is 5.02 Å². The minimum atomic E-state index is -0.226. The Bertz CT molecular complexity index is 720. The summed E-state index contributed by atoms with van der Waals surface area (Å²) in [5.41, 5.74) is 2.10. The summed E-state index contributed by atoms with van der Waals surface area (Å²) in [6.07, 6.45) is 2.12. The second kappa shape index (κ2) is 8.34. The molecule has 1 aliphatic heterocycles. The van der Waals surface area contributed by atoms with Gasteiger partial charge in [-0.2, -0.15) is 0 Å². The number of aryl methyl sites for hydroxylation is 1. The van der Waals surface area contributed by atoms with Crippen molar-refractivity contribution in [2.75, 3.05) is 31.1 Å². The van der Waals surface area contributed by atoms with Crippen LogP contribution in [0.5, 0.6) is 0 Å². The van der Waals surface area contributed by atoms with Gasteiger partial charge in [0.15, 0.2) is 0 Å². The van der Waals surface area contributed by atoms with Crippen LogP contribution in [-0.2, 0) is 11.2 Å². The largest absolute Gasteiger partial charge is 0.370 e. The highest BCUT2D eigenvalue weighted by Gasteiger charge is 2.19. The minimum absolute atomic E-state index is 0.181. The van der Waals surface area contributed by atoms with Crippen molar-refractivity contribution in [3.8, 4) is 0 Å². The van der Waals surface area contributed by atoms with Crippen LogP contribution in [0.15, 0.2) is 48.5 Å². The minimum Gasteiger partial charge on any atom is -0.370 e. The summed E-state index contributed by atoms with van der Waals surface area (Å²) in [5.74, 6) is -0.0441. The summed E-state index contributed by atoms with van der Waals surface area (Å²) in [6, 6.07) is 14.2. The maximum Gasteiger partial charge on any atom is 0.222 e. The van der Waals surface area contributed by atoms with Gasteiger partial charge in [-0.3, -0.25) is 4.79 Å². The first kappa shape index (κ1) is 17.7. The lowest BCUT2D eigenvalue weighted by Gasteiger charge is -2.23. The third kappa shape index (κ3) is 4.95. The highest BCUT2D eigenvalue weighted by Crippen LogP contribution is 2.18. The van der Waals surface area contributed by atoms with Crippen LogP contribution in [-0.4, -0.2) is 37.0 Å². The van der Waals surface area contributed by atoms with Crippen LogP contribution in [0.3, 0.4) is 0 Å². The van der Waals surface area contributed by atoms with Crippen molar-refractivity contribution in [1.29, 1.82) is 0 Å². The maximum atomic E-state index is 13.1. The molecule has 1 aliphatic rings. The number of nitrogens with zero attached hydrogens (tertiary/aromatic N) is 2. The lowest BCUT2D eigenvalue weighted by Crippen LogP contribution is -2.35. The summed E-state index contributed by atoms with van der Waals surface area (Å²) in [6.45, 7) is 3.12. The fourth-order valence-corrected chi connectivity index (χ4v) is 3.39. The van der Waals surface area contributed by atoms with Crippen LogP contribution in [0.1, 0.15) is 18.4 Å². The Hall–Kier alpha value is -2.07. The van der Waals surface area contributed by atoms with E-state index in [1.165, 1.54) is 12.1 Å². The Morgan fingerprint density at radius 3 is 2.60 bits per heavy atom. The Balaban J connectivity index is 1.53. The van der Waals surface area contributed by atoms with Crippen molar-refractivity contribution >= 4 is 23.2 Å². The maximum absolute atomic E-state index is 13.1. The van der Waals surface area contributed by atoms with E-state index in [2.05, 4.69) is 4.90 Å². The third-order valence-corrected chi connectivity index (χ3v) is 4.79. The lowest BCUT2D eigenvalue weighted by atomic mass is 10.1. The molecule has 2 aromatic rings. The lowest BCUT2D eigenvalue weighted by molar-refractivity contribution is -0.130. The van der Waals surface area contributed by atoms with Gasteiger partial charge in [-0.05, 0) is 54.8 Å². The van der Waals surface area contributed by atoms with Crippen molar-refractivity contribution in [3.05, 3.63) is 64.9 Å². The highest BCUT2D eigenvalue weighted by atomic mass is 35.5. The number of halogens is 2. The van der Waals surface area contributed by atoms with Gasteiger partial charge in [-0.25, -0.2) is 4.39 Å². The zero-order valence-electron chi connectivity index (χ0n) is 14.1. The molecule has 3 nitrogen and oxygen atoms in total. The van der Waals surface area contributed by atoms with Gasteiger partial charge in [0.25, 0.3) is 0 Å². The Kier molecular flexibility index (Phi) is 5.92. The molecule has 0 saturated carbocycles. The molecule has 0 unspecified atom stereocenters. The summed E-state index contributed by atoms with van der Waals surface area (Å²) < 4.78 is 13.1. The summed E-state index contributed by atoms with van der Waals surface area (Å²) in [4.78, 5) is 16.7. The Morgan fingerprint density at radius 2 is 1.84 bits per heavy atom. The first-order valence-corrected chi connectivity index (χ1v) is 9.02. The number of anilines is 1. The molecular formula is C20H22ClFN2O. The molecule has 0 N–H and O–H groups in total. The molecule has 132 valence electrons. The number of carbonyl (C=O) groups excluding carboxylic acids is 1. The molecule has 0 radical (unpaired) electrons. The van der Waals surface area contributed by atoms with Crippen molar-refractivity contribution < 1.29 is 9.18 Å². The van der Waals surface area contributed by atoms with Crippen LogP contribution >= 0.6 is 11.6 Å². The van der Waals surface area contributed by atoms with Crippen molar-refractivity contribution in [1.82, 2.24) is 4.90 Å². The smallest absolute Gasteiger partial charge is 0.222 e. The highest BCUT2D eigenvalue weighted by molar-refractivity contribution is 6.30. The molecule has 0 aliphatic carbocycles. The number of rotatable bonds is 4. The molecule has 1 amide bonds. The van der Waals surface area contributed by atoms with Gasteiger partial charge in [-0.15, -0.1) is 0 Å².